The highest BCUT2D eigenvalue weighted by Gasteiger charge is 2.28. The number of alkyl carbamates (subject to hydrolysis) is 1. The van der Waals surface area contributed by atoms with Gasteiger partial charge in [-0.25, -0.2) is 19.7 Å². The van der Waals surface area contributed by atoms with Gasteiger partial charge in [0.05, 0.1) is 11.6 Å². The fraction of sp³-hybridized carbons (Fsp3) is 0.357. The van der Waals surface area contributed by atoms with Crippen LogP contribution in [0.2, 0.25) is 0 Å². The minimum atomic E-state index is -0.539. The third kappa shape index (κ3) is 4.69. The Kier molecular flexibility index (Phi) is 5.51. The lowest BCUT2D eigenvalue weighted by atomic mass is 10.1. The molecule has 190 valence electrons. The molecule has 4 N–H and O–H groups in total. The summed E-state index contributed by atoms with van der Waals surface area (Å²) in [6.45, 7) is 5.59. The van der Waals surface area contributed by atoms with Gasteiger partial charge in [0.1, 0.15) is 22.8 Å². The molecule has 0 unspecified atom stereocenters. The summed E-state index contributed by atoms with van der Waals surface area (Å²) in [7, 11) is 0. The van der Waals surface area contributed by atoms with E-state index in [-0.39, 0.29) is 6.04 Å². The Labute approximate surface area is 215 Å². The topological polar surface area (TPSA) is 120 Å². The van der Waals surface area contributed by atoms with Gasteiger partial charge in [0.25, 0.3) is 0 Å². The SMILES string of the molecule is CC(C)(C)OC(=O)N[C@H]1CCc2cc(-n3c(-c4cccnc4N)nc4ccc(NC5CC5)nc43)ccc21. The number of hydrogen-bond acceptors (Lipinski definition) is 7. The van der Waals surface area contributed by atoms with Crippen molar-refractivity contribution < 1.29 is 9.53 Å². The molecule has 2 aliphatic rings. The number of carbonyl (C=O) groups is 1. The van der Waals surface area contributed by atoms with E-state index in [4.69, 9.17) is 20.4 Å². The number of ether oxygens (including phenoxy) is 1. The average Bonchev–Trinajstić information content (AvgIpc) is 3.45. The number of nitrogen functional groups attached to an aromatic ring is 1. The van der Waals surface area contributed by atoms with Gasteiger partial charge in [-0.3, -0.25) is 4.57 Å². The number of pyridine rings is 2. The Morgan fingerprint density at radius 1 is 1.11 bits per heavy atom. The number of nitrogens with one attached hydrogen (secondary N) is 2. The summed E-state index contributed by atoms with van der Waals surface area (Å²) >= 11 is 0. The van der Waals surface area contributed by atoms with Crippen LogP contribution >= 0.6 is 0 Å². The number of benzene rings is 1. The molecule has 0 spiro atoms. The second-order valence-corrected chi connectivity index (χ2v) is 10.8. The van der Waals surface area contributed by atoms with Gasteiger partial charge in [0.15, 0.2) is 11.5 Å². The number of anilines is 2. The first-order valence-electron chi connectivity index (χ1n) is 12.7. The van der Waals surface area contributed by atoms with E-state index in [1.807, 2.05) is 51.1 Å². The predicted molar refractivity (Wildman–Crippen MR) is 144 cm³/mol. The van der Waals surface area contributed by atoms with Gasteiger partial charge in [-0.15, -0.1) is 0 Å². The Balaban J connectivity index is 1.41. The van der Waals surface area contributed by atoms with Gasteiger partial charge in [0.2, 0.25) is 0 Å². The van der Waals surface area contributed by atoms with Crippen LogP contribution in [0, 0.1) is 0 Å². The number of aromatic nitrogens is 4. The maximum absolute atomic E-state index is 12.4. The first-order valence-corrected chi connectivity index (χ1v) is 12.7. The average molecular weight is 498 g/mol. The number of hydrogen-bond donors (Lipinski definition) is 3. The second-order valence-electron chi connectivity index (χ2n) is 10.8. The molecule has 3 heterocycles. The van der Waals surface area contributed by atoms with Crippen molar-refractivity contribution in [1.82, 2.24) is 24.8 Å². The van der Waals surface area contributed by atoms with E-state index in [0.29, 0.717) is 17.7 Å². The molecule has 6 rings (SSSR count). The van der Waals surface area contributed by atoms with Crippen molar-refractivity contribution in [3.8, 4) is 17.1 Å². The van der Waals surface area contributed by atoms with Crippen molar-refractivity contribution in [2.45, 2.75) is 64.1 Å². The molecule has 9 heteroatoms. The van der Waals surface area contributed by atoms with Crippen LogP contribution in [0.25, 0.3) is 28.2 Å². The number of carbonyl (C=O) groups excluding carboxylic acids is 1. The molecule has 1 atom stereocenters. The molecule has 1 aromatic carbocycles. The number of amides is 1. The van der Waals surface area contributed by atoms with Crippen LogP contribution in [0.15, 0.2) is 48.7 Å². The van der Waals surface area contributed by atoms with Crippen molar-refractivity contribution in [2.24, 2.45) is 0 Å². The van der Waals surface area contributed by atoms with Crippen LogP contribution in [-0.4, -0.2) is 37.3 Å². The molecule has 4 aromatic rings. The van der Waals surface area contributed by atoms with Crippen LogP contribution < -0.4 is 16.4 Å². The Hall–Kier alpha value is -4.14. The Morgan fingerprint density at radius 3 is 2.70 bits per heavy atom. The third-order valence-corrected chi connectivity index (χ3v) is 6.67. The van der Waals surface area contributed by atoms with Crippen molar-refractivity contribution in [3.05, 3.63) is 59.8 Å². The molecule has 0 saturated heterocycles. The normalized spacial score (nSPS) is 17.0. The lowest BCUT2D eigenvalue weighted by Crippen LogP contribution is -2.34. The van der Waals surface area contributed by atoms with Crippen LogP contribution in [0.4, 0.5) is 16.4 Å². The number of nitrogens with two attached hydrogens (primary N) is 1. The molecule has 0 aliphatic heterocycles. The number of imidazole rings is 1. The quantitative estimate of drug-likeness (QED) is 0.349. The fourth-order valence-corrected chi connectivity index (χ4v) is 4.85. The molecule has 1 amide bonds. The minimum Gasteiger partial charge on any atom is -0.444 e. The van der Waals surface area contributed by atoms with E-state index >= 15 is 0 Å². The van der Waals surface area contributed by atoms with Gasteiger partial charge < -0.3 is 21.1 Å². The summed E-state index contributed by atoms with van der Waals surface area (Å²) < 4.78 is 7.52. The molecule has 3 aromatic heterocycles. The van der Waals surface area contributed by atoms with E-state index in [1.165, 1.54) is 18.4 Å². The predicted octanol–water partition coefficient (Wildman–Crippen LogP) is 5.15. The van der Waals surface area contributed by atoms with Crippen molar-refractivity contribution in [2.75, 3.05) is 11.1 Å². The minimum absolute atomic E-state index is 0.0839. The molecule has 0 bridgehead atoms. The van der Waals surface area contributed by atoms with Crippen LogP contribution in [0.1, 0.15) is 57.2 Å². The number of aryl methyl sites for hydroxylation is 1. The van der Waals surface area contributed by atoms with E-state index in [0.717, 1.165) is 46.6 Å². The second kappa shape index (κ2) is 8.76. The summed E-state index contributed by atoms with van der Waals surface area (Å²) in [4.78, 5) is 26.5. The molecular weight excluding hydrogens is 466 g/mol. The lowest BCUT2D eigenvalue weighted by molar-refractivity contribution is 0.0503. The maximum atomic E-state index is 12.4. The molecule has 0 radical (unpaired) electrons. The van der Waals surface area contributed by atoms with E-state index in [9.17, 15) is 4.79 Å². The van der Waals surface area contributed by atoms with Crippen LogP contribution in [0.5, 0.6) is 0 Å². The summed E-state index contributed by atoms with van der Waals surface area (Å²) in [6, 6.07) is 14.4. The van der Waals surface area contributed by atoms with Gasteiger partial charge in [-0.2, -0.15) is 0 Å². The smallest absolute Gasteiger partial charge is 0.408 e. The molecule has 37 heavy (non-hydrogen) atoms. The zero-order chi connectivity index (χ0) is 25.7. The number of rotatable bonds is 5. The molecule has 9 nitrogen and oxygen atoms in total. The highest BCUT2D eigenvalue weighted by atomic mass is 16.6. The molecule has 2 aliphatic carbocycles. The standard InChI is InChI=1S/C28H31N7O2/c1-28(2,3)37-27(36)33-21-11-6-16-15-18(9-10-19(16)21)35-25(20-5-4-14-30-24(20)29)32-22-12-13-23(34-26(22)35)31-17-7-8-17/h4-5,9-10,12-15,17,21H,6-8,11H2,1-3H3,(H2,29,30)(H,31,34)(H,33,36)/t21-/m0/s1. The summed E-state index contributed by atoms with van der Waals surface area (Å²) in [5.41, 5.74) is 11.2. The maximum Gasteiger partial charge on any atom is 0.408 e. The number of fused-ring (bicyclic) bond motifs is 2. The third-order valence-electron chi connectivity index (χ3n) is 6.67. The molecule has 1 fully saturated rings. The Bertz CT molecular complexity index is 1500. The highest BCUT2D eigenvalue weighted by Crippen LogP contribution is 2.36. The van der Waals surface area contributed by atoms with Crippen LogP contribution in [0.3, 0.4) is 0 Å². The number of nitrogens with zero attached hydrogens (tertiary/aromatic N) is 4. The monoisotopic (exact) mass is 497 g/mol. The van der Waals surface area contributed by atoms with Crippen LogP contribution in [-0.2, 0) is 11.2 Å². The first-order chi connectivity index (χ1) is 17.7. The zero-order valence-corrected chi connectivity index (χ0v) is 21.3. The van der Waals surface area contributed by atoms with E-state index in [1.54, 1.807) is 6.20 Å². The van der Waals surface area contributed by atoms with Gasteiger partial charge in [-0.1, -0.05) is 6.07 Å². The summed E-state index contributed by atoms with van der Waals surface area (Å²) in [6.07, 6.45) is 5.28. The fourth-order valence-electron chi connectivity index (χ4n) is 4.85. The van der Waals surface area contributed by atoms with E-state index in [2.05, 4.69) is 32.3 Å². The van der Waals surface area contributed by atoms with Crippen molar-refractivity contribution >= 4 is 28.9 Å². The first kappa shape index (κ1) is 23.3. The summed E-state index contributed by atoms with van der Waals surface area (Å²) in [5.74, 6) is 1.95. The molecule has 1 saturated carbocycles. The van der Waals surface area contributed by atoms with Gasteiger partial charge in [0, 0.05) is 17.9 Å². The highest BCUT2D eigenvalue weighted by molar-refractivity contribution is 5.84. The zero-order valence-electron chi connectivity index (χ0n) is 21.3. The van der Waals surface area contributed by atoms with Gasteiger partial charge in [-0.05, 0) is 94.0 Å². The largest absolute Gasteiger partial charge is 0.444 e. The summed E-state index contributed by atoms with van der Waals surface area (Å²) in [5, 5.41) is 6.51. The van der Waals surface area contributed by atoms with Crippen molar-refractivity contribution in [1.29, 1.82) is 0 Å². The van der Waals surface area contributed by atoms with Gasteiger partial charge >= 0.3 is 6.09 Å². The van der Waals surface area contributed by atoms with Crippen molar-refractivity contribution in [3.63, 3.8) is 0 Å². The van der Waals surface area contributed by atoms with E-state index < -0.39 is 11.7 Å². The Morgan fingerprint density at radius 2 is 1.95 bits per heavy atom. The lowest BCUT2D eigenvalue weighted by Gasteiger charge is -2.22. The molecular formula is C28H31N7O2.